The minimum absolute atomic E-state index is 0.151. The van der Waals surface area contributed by atoms with Crippen LogP contribution >= 0.6 is 0 Å². The number of carbonyl (C=O) groups is 2. The number of cyclic esters (lactones) is 2. The zero-order valence-corrected chi connectivity index (χ0v) is 21.4. The average Bonchev–Trinajstić information content (AvgIpc) is 3.72. The van der Waals surface area contributed by atoms with E-state index in [0.29, 0.717) is 25.0 Å². The molecule has 200 valence electrons. The Hall–Kier alpha value is -1.06. The molecule has 0 spiro atoms. The number of aliphatic hydroxyl groups is 2. The molecule has 3 aliphatic rings. The van der Waals surface area contributed by atoms with Gasteiger partial charge in [-0.25, -0.2) is 0 Å². The molecule has 0 aromatic rings. The maximum Gasteiger partial charge on any atom is 0.317 e. The van der Waals surface area contributed by atoms with E-state index in [1.165, 1.54) is 57.8 Å². The van der Waals surface area contributed by atoms with Gasteiger partial charge in [-0.2, -0.15) is 0 Å². The molecule has 3 unspecified atom stereocenters. The van der Waals surface area contributed by atoms with Gasteiger partial charge in [0.1, 0.15) is 12.2 Å². The highest BCUT2D eigenvalue weighted by Crippen LogP contribution is 2.22. The van der Waals surface area contributed by atoms with Gasteiger partial charge in [0, 0.05) is 0 Å². The molecule has 0 radical (unpaired) electrons. The highest BCUT2D eigenvalue weighted by molar-refractivity contribution is 5.94. The van der Waals surface area contributed by atoms with E-state index in [-0.39, 0.29) is 17.9 Å². The maximum atomic E-state index is 11.2. The summed E-state index contributed by atoms with van der Waals surface area (Å²) in [6, 6.07) is 0. The van der Waals surface area contributed by atoms with Crippen molar-refractivity contribution in [3.63, 3.8) is 0 Å². The number of hydrogen-bond acceptors (Lipinski definition) is 8. The van der Waals surface area contributed by atoms with Crippen LogP contribution in [-0.2, 0) is 28.5 Å². The normalized spacial score (nSPS) is 22.6. The molecule has 0 saturated carbocycles. The van der Waals surface area contributed by atoms with Gasteiger partial charge < -0.3 is 29.2 Å². The van der Waals surface area contributed by atoms with E-state index in [4.69, 9.17) is 24.4 Å². The molecule has 3 atom stereocenters. The van der Waals surface area contributed by atoms with Crippen LogP contribution in [0.15, 0.2) is 0 Å². The van der Waals surface area contributed by atoms with Gasteiger partial charge in [0.15, 0.2) is 6.29 Å². The minimum Gasteiger partial charge on any atom is -0.393 e. The van der Waals surface area contributed by atoms with E-state index in [1.54, 1.807) is 0 Å². The van der Waals surface area contributed by atoms with Crippen LogP contribution in [0.2, 0.25) is 0 Å². The molecule has 3 aliphatic heterocycles. The van der Waals surface area contributed by atoms with Crippen molar-refractivity contribution in [1.82, 2.24) is 0 Å². The molecule has 8 nitrogen and oxygen atoms in total. The van der Waals surface area contributed by atoms with Crippen molar-refractivity contribution in [1.29, 1.82) is 0 Å². The van der Waals surface area contributed by atoms with Crippen LogP contribution in [0, 0.1) is 5.92 Å². The smallest absolute Gasteiger partial charge is 0.317 e. The summed E-state index contributed by atoms with van der Waals surface area (Å²) >= 11 is 0. The first-order valence-electron chi connectivity index (χ1n) is 13.4. The Kier molecular flexibility index (Phi) is 18.4. The van der Waals surface area contributed by atoms with E-state index in [2.05, 4.69) is 11.7 Å². The van der Waals surface area contributed by atoms with Crippen LogP contribution in [0.3, 0.4) is 0 Å². The zero-order chi connectivity index (χ0) is 25.0. The Labute approximate surface area is 205 Å². The molecular formula is C26H48O8. The third kappa shape index (κ3) is 19.3. The standard InChI is InChI=1S/C16H28O3.C6H10O3.C4H10O2/c1-2-3-4-5-6-7-8-9-10-11-12-14-13-15(17)19-16(14)18;1(5-3-8-5)7-2-6-4-9-6;1-2-3-4(5)6/h14H,2-13H2,1H3;5-6H,1-4H2;4-6H,2-3H2,1H3. The van der Waals surface area contributed by atoms with Gasteiger partial charge in [-0.1, -0.05) is 84.5 Å². The summed E-state index contributed by atoms with van der Waals surface area (Å²) in [7, 11) is 0. The molecule has 0 aliphatic carbocycles. The van der Waals surface area contributed by atoms with Crippen molar-refractivity contribution in [2.45, 2.75) is 122 Å². The Morgan fingerprint density at radius 3 is 1.68 bits per heavy atom. The van der Waals surface area contributed by atoms with Gasteiger partial charge in [-0.3, -0.25) is 9.59 Å². The summed E-state index contributed by atoms with van der Waals surface area (Å²) in [5.41, 5.74) is 0. The van der Waals surface area contributed by atoms with Gasteiger partial charge >= 0.3 is 11.9 Å². The first-order chi connectivity index (χ1) is 16.5. The lowest BCUT2D eigenvalue weighted by molar-refractivity contribution is -0.153. The van der Waals surface area contributed by atoms with Crippen molar-refractivity contribution in [2.24, 2.45) is 5.92 Å². The highest BCUT2D eigenvalue weighted by atomic mass is 16.6. The fourth-order valence-corrected chi connectivity index (χ4v) is 3.54. The summed E-state index contributed by atoms with van der Waals surface area (Å²) in [6.45, 7) is 7.41. The van der Waals surface area contributed by atoms with Gasteiger partial charge in [0.05, 0.1) is 38.8 Å². The summed E-state index contributed by atoms with van der Waals surface area (Å²) in [4.78, 5) is 22.1. The lowest BCUT2D eigenvalue weighted by atomic mass is 9.99. The van der Waals surface area contributed by atoms with Crippen LogP contribution in [0.25, 0.3) is 0 Å². The molecule has 0 amide bonds. The fraction of sp³-hybridized carbons (Fsp3) is 0.923. The van der Waals surface area contributed by atoms with Crippen LogP contribution in [0.5, 0.6) is 0 Å². The second-order valence-electron chi connectivity index (χ2n) is 9.38. The summed E-state index contributed by atoms with van der Waals surface area (Å²) in [5.74, 6) is -0.801. The lowest BCUT2D eigenvalue weighted by Crippen LogP contribution is -2.06. The molecule has 8 heteroatoms. The Morgan fingerprint density at radius 2 is 1.32 bits per heavy atom. The van der Waals surface area contributed by atoms with E-state index in [0.717, 1.165) is 45.7 Å². The van der Waals surface area contributed by atoms with Gasteiger partial charge in [0.2, 0.25) is 0 Å². The molecule has 34 heavy (non-hydrogen) atoms. The largest absolute Gasteiger partial charge is 0.393 e. The topological polar surface area (TPSA) is 118 Å². The number of epoxide rings is 2. The Morgan fingerprint density at radius 1 is 0.824 bits per heavy atom. The van der Waals surface area contributed by atoms with Crippen molar-refractivity contribution in [3.05, 3.63) is 0 Å². The van der Waals surface area contributed by atoms with E-state index in [9.17, 15) is 9.59 Å². The zero-order valence-electron chi connectivity index (χ0n) is 21.4. The number of esters is 2. The van der Waals surface area contributed by atoms with Crippen molar-refractivity contribution in [3.8, 4) is 0 Å². The Balaban J connectivity index is 0.000000314. The lowest BCUT2D eigenvalue weighted by Gasteiger charge is -2.04. The first kappa shape index (κ1) is 31.0. The maximum absolute atomic E-state index is 11.2. The third-order valence-corrected chi connectivity index (χ3v) is 5.83. The average molecular weight is 489 g/mol. The van der Waals surface area contributed by atoms with Crippen LogP contribution in [-0.4, -0.2) is 67.1 Å². The van der Waals surface area contributed by atoms with Gasteiger partial charge in [0.25, 0.3) is 0 Å². The predicted octanol–water partition coefficient (Wildman–Crippen LogP) is 4.28. The first-order valence-corrected chi connectivity index (χ1v) is 13.4. The Bertz CT molecular complexity index is 505. The number of aliphatic hydroxyl groups excluding tert-OH is 1. The number of ether oxygens (including phenoxy) is 4. The SMILES string of the molecule is C(OCC1CO1)C1CO1.CCCC(O)O.CCCCCCCCCCCCC1CC(=O)OC1=O. The van der Waals surface area contributed by atoms with E-state index >= 15 is 0 Å². The molecule has 0 bridgehead atoms. The van der Waals surface area contributed by atoms with Crippen LogP contribution < -0.4 is 0 Å². The van der Waals surface area contributed by atoms with Crippen molar-refractivity contribution in [2.75, 3.05) is 26.4 Å². The summed E-state index contributed by atoms with van der Waals surface area (Å²) in [6.07, 6.45) is 15.1. The minimum atomic E-state index is -1.10. The number of unbranched alkanes of at least 4 members (excludes halogenated alkanes) is 9. The molecule has 0 aromatic heterocycles. The second-order valence-corrected chi connectivity index (χ2v) is 9.38. The second kappa shape index (κ2) is 20.2. The van der Waals surface area contributed by atoms with Crippen LogP contribution in [0.1, 0.15) is 104 Å². The number of rotatable bonds is 17. The molecule has 3 rings (SSSR count). The van der Waals surface area contributed by atoms with Gasteiger partial charge in [-0.05, 0) is 12.8 Å². The molecule has 3 fully saturated rings. The molecule has 3 heterocycles. The quantitative estimate of drug-likeness (QED) is 0.102. The van der Waals surface area contributed by atoms with Gasteiger partial charge in [-0.15, -0.1) is 0 Å². The fourth-order valence-electron chi connectivity index (χ4n) is 3.54. The molecule has 0 aromatic carbocycles. The third-order valence-electron chi connectivity index (χ3n) is 5.83. The van der Waals surface area contributed by atoms with E-state index < -0.39 is 6.29 Å². The molecule has 3 saturated heterocycles. The van der Waals surface area contributed by atoms with Crippen LogP contribution in [0.4, 0.5) is 0 Å². The predicted molar refractivity (Wildman–Crippen MR) is 129 cm³/mol. The van der Waals surface area contributed by atoms with Crippen molar-refractivity contribution >= 4 is 11.9 Å². The van der Waals surface area contributed by atoms with Crippen molar-refractivity contribution < 1.29 is 38.7 Å². The molecule has 2 N–H and O–H groups in total. The number of hydrogen-bond donors (Lipinski definition) is 2. The number of carbonyl (C=O) groups excluding carboxylic acids is 2. The van der Waals surface area contributed by atoms with E-state index in [1.807, 2.05) is 6.92 Å². The molecular weight excluding hydrogens is 440 g/mol. The monoisotopic (exact) mass is 488 g/mol. The summed E-state index contributed by atoms with van der Waals surface area (Å²) < 4.78 is 19.7. The summed E-state index contributed by atoms with van der Waals surface area (Å²) in [5, 5.41) is 16.2. The highest BCUT2D eigenvalue weighted by Gasteiger charge is 2.32.